The van der Waals surface area contributed by atoms with Crippen molar-refractivity contribution in [2.75, 3.05) is 0 Å². The highest BCUT2D eigenvalue weighted by molar-refractivity contribution is 6.00. The van der Waals surface area contributed by atoms with Gasteiger partial charge in [0.15, 0.2) is 5.78 Å². The van der Waals surface area contributed by atoms with Gasteiger partial charge in [-0.2, -0.15) is 10.4 Å². The van der Waals surface area contributed by atoms with E-state index in [2.05, 4.69) is 11.2 Å². The first-order chi connectivity index (χ1) is 7.45. The largest absolute Gasteiger partial charge is 0.293 e. The van der Waals surface area contributed by atoms with Crippen LogP contribution in [0.2, 0.25) is 0 Å². The maximum atomic E-state index is 12.1. The average Bonchev–Trinajstić information content (AvgIpc) is 2.53. The Morgan fingerprint density at radius 1 is 1.62 bits per heavy atom. The highest BCUT2D eigenvalue weighted by atomic mass is 16.1. The fourth-order valence-corrected chi connectivity index (χ4v) is 1.72. The Kier molecular flexibility index (Phi) is 3.83. The van der Waals surface area contributed by atoms with Crippen LogP contribution in [0.1, 0.15) is 36.3 Å². The van der Waals surface area contributed by atoms with Crippen molar-refractivity contribution in [2.24, 2.45) is 18.9 Å². The molecule has 0 aliphatic carbocycles. The molecule has 0 saturated carbocycles. The Labute approximate surface area is 95.9 Å². The van der Waals surface area contributed by atoms with Crippen LogP contribution in [-0.2, 0) is 7.05 Å². The Morgan fingerprint density at radius 2 is 2.25 bits per heavy atom. The van der Waals surface area contributed by atoms with E-state index in [9.17, 15) is 4.79 Å². The monoisotopic (exact) mass is 219 g/mol. The van der Waals surface area contributed by atoms with Crippen molar-refractivity contribution in [1.29, 1.82) is 5.26 Å². The summed E-state index contributed by atoms with van der Waals surface area (Å²) in [6.07, 6.45) is 2.28. The van der Waals surface area contributed by atoms with E-state index in [1.807, 2.05) is 13.8 Å². The molecule has 1 heterocycles. The van der Waals surface area contributed by atoms with Gasteiger partial charge in [-0.3, -0.25) is 9.48 Å². The number of rotatable bonds is 4. The van der Waals surface area contributed by atoms with Crippen LogP contribution in [-0.4, -0.2) is 15.6 Å². The van der Waals surface area contributed by atoms with Crippen molar-refractivity contribution in [1.82, 2.24) is 9.78 Å². The third-order valence-corrected chi connectivity index (χ3v) is 2.46. The van der Waals surface area contributed by atoms with Crippen molar-refractivity contribution in [3.8, 4) is 6.07 Å². The maximum absolute atomic E-state index is 12.1. The Morgan fingerprint density at radius 3 is 2.62 bits per heavy atom. The van der Waals surface area contributed by atoms with Crippen LogP contribution >= 0.6 is 0 Å². The first kappa shape index (κ1) is 12.4. The number of nitriles is 1. The van der Waals surface area contributed by atoms with E-state index < -0.39 is 5.92 Å². The van der Waals surface area contributed by atoms with E-state index >= 15 is 0 Å². The smallest absolute Gasteiger partial charge is 0.183 e. The summed E-state index contributed by atoms with van der Waals surface area (Å²) in [6, 6.07) is 2.08. The highest BCUT2D eigenvalue weighted by Gasteiger charge is 2.23. The number of aromatic nitrogens is 2. The molecule has 4 heteroatoms. The second-order valence-electron chi connectivity index (χ2n) is 4.48. The van der Waals surface area contributed by atoms with Gasteiger partial charge in [0, 0.05) is 13.2 Å². The van der Waals surface area contributed by atoms with Crippen molar-refractivity contribution in [2.45, 2.75) is 27.2 Å². The first-order valence-corrected chi connectivity index (χ1v) is 5.39. The highest BCUT2D eigenvalue weighted by Crippen LogP contribution is 2.18. The SMILES string of the molecule is Cc1nn(C)cc1C(=O)C(C#N)CC(C)C. The molecule has 1 atom stereocenters. The van der Waals surface area contributed by atoms with Crippen LogP contribution in [0, 0.1) is 30.1 Å². The third-order valence-electron chi connectivity index (χ3n) is 2.46. The van der Waals surface area contributed by atoms with Crippen molar-refractivity contribution >= 4 is 5.78 Å². The molecular weight excluding hydrogens is 202 g/mol. The lowest BCUT2D eigenvalue weighted by Gasteiger charge is -2.09. The molecule has 0 amide bonds. The maximum Gasteiger partial charge on any atom is 0.183 e. The molecule has 1 rings (SSSR count). The lowest BCUT2D eigenvalue weighted by molar-refractivity contribution is 0.0936. The summed E-state index contributed by atoms with van der Waals surface area (Å²) in [5.74, 6) is -0.324. The lowest BCUT2D eigenvalue weighted by Crippen LogP contribution is -2.15. The number of ketones is 1. The number of hydrogen-bond donors (Lipinski definition) is 0. The fraction of sp³-hybridized carbons (Fsp3) is 0.583. The summed E-state index contributed by atoms with van der Waals surface area (Å²) >= 11 is 0. The predicted octanol–water partition coefficient (Wildman–Crippen LogP) is 2.10. The van der Waals surface area contributed by atoms with Gasteiger partial charge in [0.05, 0.1) is 17.3 Å². The van der Waals surface area contributed by atoms with Gasteiger partial charge in [-0.15, -0.1) is 0 Å². The van der Waals surface area contributed by atoms with E-state index in [1.165, 1.54) is 0 Å². The van der Waals surface area contributed by atoms with E-state index in [0.29, 0.717) is 23.6 Å². The van der Waals surface area contributed by atoms with Gasteiger partial charge in [0.2, 0.25) is 0 Å². The van der Waals surface area contributed by atoms with E-state index in [4.69, 9.17) is 5.26 Å². The Bertz CT molecular complexity index is 426. The molecule has 16 heavy (non-hydrogen) atoms. The molecule has 1 unspecified atom stereocenters. The topological polar surface area (TPSA) is 58.7 Å². The van der Waals surface area contributed by atoms with Crippen LogP contribution in [0.4, 0.5) is 0 Å². The number of nitrogens with zero attached hydrogens (tertiary/aromatic N) is 3. The van der Waals surface area contributed by atoms with Crippen molar-refractivity contribution < 1.29 is 4.79 Å². The van der Waals surface area contributed by atoms with Gasteiger partial charge in [0.25, 0.3) is 0 Å². The minimum absolute atomic E-state index is 0.109. The van der Waals surface area contributed by atoms with Gasteiger partial charge in [-0.05, 0) is 19.3 Å². The summed E-state index contributed by atoms with van der Waals surface area (Å²) in [7, 11) is 1.77. The average molecular weight is 219 g/mol. The van der Waals surface area contributed by atoms with E-state index in [-0.39, 0.29) is 5.78 Å². The molecule has 0 saturated heterocycles. The zero-order chi connectivity index (χ0) is 12.3. The number of carbonyl (C=O) groups excluding carboxylic acids is 1. The van der Waals surface area contributed by atoms with Crippen molar-refractivity contribution in [3.63, 3.8) is 0 Å². The molecule has 0 N–H and O–H groups in total. The van der Waals surface area contributed by atoms with E-state index in [1.54, 1.807) is 24.9 Å². The van der Waals surface area contributed by atoms with Crippen LogP contribution in [0.5, 0.6) is 0 Å². The van der Waals surface area contributed by atoms with Crippen LogP contribution < -0.4 is 0 Å². The van der Waals surface area contributed by atoms with Crippen LogP contribution in [0.25, 0.3) is 0 Å². The van der Waals surface area contributed by atoms with Gasteiger partial charge in [0.1, 0.15) is 5.92 Å². The molecule has 0 radical (unpaired) electrons. The summed E-state index contributed by atoms with van der Waals surface area (Å²) < 4.78 is 1.60. The van der Waals surface area contributed by atoms with Gasteiger partial charge in [-0.25, -0.2) is 0 Å². The molecule has 1 aromatic rings. The summed E-state index contributed by atoms with van der Waals surface area (Å²) in [6.45, 7) is 5.80. The predicted molar refractivity (Wildman–Crippen MR) is 60.8 cm³/mol. The quantitative estimate of drug-likeness (QED) is 0.728. The summed E-state index contributed by atoms with van der Waals surface area (Å²) in [4.78, 5) is 12.1. The van der Waals surface area contributed by atoms with Crippen LogP contribution in [0.15, 0.2) is 6.20 Å². The standard InChI is InChI=1S/C12H17N3O/c1-8(2)5-10(6-13)12(16)11-7-15(4)14-9(11)3/h7-8,10H,5H2,1-4H3. The Balaban J connectivity index is 2.92. The van der Waals surface area contributed by atoms with Gasteiger partial charge >= 0.3 is 0 Å². The molecule has 0 aliphatic rings. The lowest BCUT2D eigenvalue weighted by atomic mass is 9.91. The van der Waals surface area contributed by atoms with Gasteiger partial charge < -0.3 is 0 Å². The zero-order valence-electron chi connectivity index (χ0n) is 10.2. The number of Topliss-reactive ketones (excluding diaryl/α,β-unsaturated/α-hetero) is 1. The molecule has 1 aromatic heterocycles. The molecule has 4 nitrogen and oxygen atoms in total. The number of hydrogen-bond acceptors (Lipinski definition) is 3. The molecule has 0 bridgehead atoms. The Hall–Kier alpha value is -1.63. The number of carbonyl (C=O) groups is 1. The fourth-order valence-electron chi connectivity index (χ4n) is 1.72. The molecule has 0 aliphatic heterocycles. The first-order valence-electron chi connectivity index (χ1n) is 5.39. The minimum Gasteiger partial charge on any atom is -0.293 e. The normalized spacial score (nSPS) is 12.5. The second kappa shape index (κ2) is 4.93. The summed E-state index contributed by atoms with van der Waals surface area (Å²) in [5.41, 5.74) is 1.26. The number of aryl methyl sites for hydroxylation is 2. The molecular formula is C12H17N3O. The molecule has 86 valence electrons. The van der Waals surface area contributed by atoms with Crippen LogP contribution in [0.3, 0.4) is 0 Å². The molecule has 0 aromatic carbocycles. The zero-order valence-corrected chi connectivity index (χ0v) is 10.2. The third kappa shape index (κ3) is 2.69. The second-order valence-corrected chi connectivity index (χ2v) is 4.48. The van der Waals surface area contributed by atoms with E-state index in [0.717, 1.165) is 0 Å². The van der Waals surface area contributed by atoms with Gasteiger partial charge in [-0.1, -0.05) is 13.8 Å². The molecule has 0 spiro atoms. The minimum atomic E-state index is -0.553. The summed E-state index contributed by atoms with van der Waals surface area (Å²) in [5, 5.41) is 13.1. The van der Waals surface area contributed by atoms with Crippen molar-refractivity contribution in [3.05, 3.63) is 17.5 Å². The molecule has 0 fully saturated rings.